The number of nitrogens with one attached hydrogen (secondary N) is 1. The molecule has 4 fully saturated rings. The number of likely N-dealkylation sites (tertiary alicyclic amines) is 2. The van der Waals surface area contributed by atoms with E-state index in [1.165, 1.54) is 16.5 Å². The number of aromatic hydroxyl groups is 1. The monoisotopic (exact) mass is 897 g/mol. The lowest BCUT2D eigenvalue weighted by Crippen LogP contribution is -2.55. The molecule has 2 N–H and O–H groups in total. The van der Waals surface area contributed by atoms with Crippen molar-refractivity contribution in [2.75, 3.05) is 18.5 Å². The van der Waals surface area contributed by atoms with Crippen molar-refractivity contribution in [3.05, 3.63) is 141 Å². The number of halogens is 5. The fraction of sp³-hybridized carbons (Fsp3) is 0.340. The second-order valence-electron chi connectivity index (χ2n) is 17.2. The Hall–Kier alpha value is -5.70. The molecule has 5 heterocycles. The first-order valence-electron chi connectivity index (χ1n) is 20.9. The molecule has 0 radical (unpaired) electrons. The van der Waals surface area contributed by atoms with E-state index in [0.29, 0.717) is 71.2 Å². The molecule has 324 valence electrons. The number of piperidine rings is 1. The van der Waals surface area contributed by atoms with Gasteiger partial charge in [0.1, 0.15) is 11.5 Å². The van der Waals surface area contributed by atoms with Crippen molar-refractivity contribution in [1.29, 1.82) is 0 Å². The fourth-order valence-electron chi connectivity index (χ4n) is 11.2. The maximum atomic E-state index is 15.6. The maximum Gasteiger partial charge on any atom is 0.417 e. The zero-order valence-electron chi connectivity index (χ0n) is 33.5. The third-order valence-electron chi connectivity index (χ3n) is 13.9. The molecule has 16 heteroatoms. The van der Waals surface area contributed by atoms with Crippen LogP contribution < -0.4 is 10.2 Å². The molecule has 4 aliphatic heterocycles. The number of nitrogens with zero attached hydrogens (tertiary/aromatic N) is 4. The van der Waals surface area contributed by atoms with E-state index in [0.717, 1.165) is 11.6 Å². The van der Waals surface area contributed by atoms with Crippen LogP contribution in [0.3, 0.4) is 0 Å². The van der Waals surface area contributed by atoms with Crippen LogP contribution in [0.5, 0.6) is 11.5 Å². The lowest BCUT2D eigenvalue weighted by molar-refractivity contribution is -0.144. The van der Waals surface area contributed by atoms with Crippen LogP contribution in [-0.4, -0.2) is 67.7 Å². The van der Waals surface area contributed by atoms with Gasteiger partial charge in [0.2, 0.25) is 11.8 Å². The number of aromatic nitrogens is 1. The number of phenols is 1. The number of pyridine rings is 1. The van der Waals surface area contributed by atoms with Gasteiger partial charge in [0, 0.05) is 54.8 Å². The summed E-state index contributed by atoms with van der Waals surface area (Å²) in [6, 6.07) is 21.7. The van der Waals surface area contributed by atoms with Gasteiger partial charge >= 0.3 is 6.18 Å². The number of fused-ring (bicyclic) bond motifs is 5. The zero-order valence-corrected chi connectivity index (χ0v) is 35.0. The van der Waals surface area contributed by atoms with Crippen LogP contribution >= 0.6 is 23.2 Å². The molecule has 3 aromatic carbocycles. The minimum absolute atomic E-state index is 0.00303. The Morgan fingerprint density at radius 3 is 2.37 bits per heavy atom. The minimum atomic E-state index is -4.75. The molecule has 0 unspecified atom stereocenters. The van der Waals surface area contributed by atoms with Crippen molar-refractivity contribution in [3.63, 3.8) is 0 Å². The number of hydrogen-bond acceptors (Lipinski definition) is 9. The Balaban J connectivity index is 1.05. The van der Waals surface area contributed by atoms with Gasteiger partial charge in [0.05, 0.1) is 40.0 Å². The highest BCUT2D eigenvalue weighted by atomic mass is 35.5. The van der Waals surface area contributed by atoms with Crippen molar-refractivity contribution in [3.8, 4) is 11.5 Å². The highest BCUT2D eigenvalue weighted by molar-refractivity contribution is 6.33. The minimum Gasteiger partial charge on any atom is -0.508 e. The number of carbonyl (C=O) groups is 4. The highest BCUT2D eigenvalue weighted by Gasteiger charge is 2.71. The first kappa shape index (κ1) is 41.3. The number of hydrogen-bond donors (Lipinski definition) is 2. The number of ether oxygens (including phenoxy) is 1. The summed E-state index contributed by atoms with van der Waals surface area (Å²) in [6.07, 6.45) is 0.944. The molecule has 6 atom stereocenters. The van der Waals surface area contributed by atoms with E-state index in [2.05, 4.69) is 27.4 Å². The maximum absolute atomic E-state index is 15.6. The van der Waals surface area contributed by atoms with Gasteiger partial charge in [-0.3, -0.25) is 34.4 Å². The van der Waals surface area contributed by atoms with Crippen LogP contribution in [0.4, 0.5) is 19.0 Å². The van der Waals surface area contributed by atoms with Gasteiger partial charge in [0.15, 0.2) is 5.82 Å². The molecular formula is C47H40Cl2F3N5O6. The molecule has 2 aliphatic carbocycles. The van der Waals surface area contributed by atoms with E-state index >= 15 is 9.59 Å². The van der Waals surface area contributed by atoms with Crippen molar-refractivity contribution in [2.45, 2.75) is 56.3 Å². The van der Waals surface area contributed by atoms with Gasteiger partial charge in [-0.25, -0.2) is 4.98 Å². The van der Waals surface area contributed by atoms with E-state index < -0.39 is 63.6 Å². The number of anilines is 1. The second-order valence-corrected chi connectivity index (χ2v) is 18.1. The van der Waals surface area contributed by atoms with Gasteiger partial charge in [-0.2, -0.15) is 18.2 Å². The Morgan fingerprint density at radius 1 is 0.905 bits per heavy atom. The van der Waals surface area contributed by atoms with E-state index in [1.807, 2.05) is 24.3 Å². The average Bonchev–Trinajstić information content (AvgIpc) is 3.65. The molecule has 11 nitrogen and oxygen atoms in total. The number of hydrazine groups is 1. The SMILES string of the molecule is O=C1[C@@H]2C[C@@H]3C(=CC[C@@H]4C(=O)N(C5CCN(Cc6ccccc6)CC5)C(=O)[C@@H]43)[C@H](C3=COc4ccc(O)cc4C3)[C@]2(c2ccc(Cl)cc2)C(=O)N1Nc1ncc(C(F)(F)F)cc1Cl. The number of phenolic OH excluding ortho intramolecular Hbond substituents is 1. The summed E-state index contributed by atoms with van der Waals surface area (Å²) in [4.78, 5) is 67.7. The largest absolute Gasteiger partial charge is 0.508 e. The first-order chi connectivity index (χ1) is 30.2. The molecule has 4 aromatic rings. The Bertz CT molecular complexity index is 2620. The van der Waals surface area contributed by atoms with E-state index in [4.69, 9.17) is 27.9 Å². The Kier molecular flexibility index (Phi) is 10.2. The summed E-state index contributed by atoms with van der Waals surface area (Å²) in [7, 11) is 0. The van der Waals surface area contributed by atoms with Crippen LogP contribution in [0.25, 0.3) is 0 Å². The first-order valence-corrected chi connectivity index (χ1v) is 21.6. The molecular weight excluding hydrogens is 858 g/mol. The Morgan fingerprint density at radius 2 is 1.65 bits per heavy atom. The van der Waals surface area contributed by atoms with E-state index in [1.54, 1.807) is 42.7 Å². The zero-order chi connectivity index (χ0) is 43.9. The second kappa shape index (κ2) is 15.5. The lowest BCUT2D eigenvalue weighted by atomic mass is 9.48. The van der Waals surface area contributed by atoms with Crippen molar-refractivity contribution in [1.82, 2.24) is 19.8 Å². The van der Waals surface area contributed by atoms with Gasteiger partial charge in [-0.05, 0) is 84.7 Å². The molecule has 1 saturated carbocycles. The van der Waals surface area contributed by atoms with Crippen LogP contribution in [0.15, 0.2) is 109 Å². The molecule has 1 aromatic heterocycles. The smallest absolute Gasteiger partial charge is 0.417 e. The normalized spacial score (nSPS) is 27.3. The topological polar surface area (TPSA) is 132 Å². The van der Waals surface area contributed by atoms with Crippen LogP contribution in [-0.2, 0) is 43.7 Å². The standard InChI is InChI=1S/C47H40Cl2F3N5O6/c48-30-8-6-28(7-9-30)46-36(43(60)57(45(46)62)54-41-37(49)20-29(22-53-41)47(50,51)52)21-35-33(40(46)27-18-26-19-32(58)10-13-38(26)63-24-27)11-12-34-39(35)44(61)56(42(34)59)31-14-16-55(17-15-31)23-25-4-2-1-3-5-25/h1-11,13,19-20,22,24,31,34-36,39-40,58H,12,14-18,21,23H2,(H,53,54)/t34-,35+,36-,39-,40-,46+/m0/s1. The van der Waals surface area contributed by atoms with Crippen LogP contribution in [0, 0.1) is 29.6 Å². The number of rotatable bonds is 7. The molecule has 10 rings (SSSR count). The van der Waals surface area contributed by atoms with Crippen molar-refractivity contribution in [2.24, 2.45) is 29.6 Å². The number of amides is 4. The summed E-state index contributed by atoms with van der Waals surface area (Å²) in [6.45, 7) is 2.17. The van der Waals surface area contributed by atoms with Crippen molar-refractivity contribution < 1.29 is 42.2 Å². The van der Waals surface area contributed by atoms with Gasteiger partial charge in [-0.1, -0.05) is 77.3 Å². The number of allylic oxidation sites excluding steroid dienone is 3. The summed E-state index contributed by atoms with van der Waals surface area (Å²) in [5.41, 5.74) is 3.35. The van der Waals surface area contributed by atoms with Crippen molar-refractivity contribution >= 4 is 52.6 Å². The highest BCUT2D eigenvalue weighted by Crippen LogP contribution is 2.63. The molecule has 4 amide bonds. The summed E-state index contributed by atoms with van der Waals surface area (Å²) in [5, 5.41) is 11.2. The molecule has 0 spiro atoms. The third-order valence-corrected chi connectivity index (χ3v) is 14.4. The van der Waals surface area contributed by atoms with Gasteiger partial charge in [0.25, 0.3) is 11.8 Å². The summed E-state index contributed by atoms with van der Waals surface area (Å²) in [5.74, 6) is -6.10. The Labute approximate surface area is 370 Å². The lowest BCUT2D eigenvalue weighted by Gasteiger charge is -2.51. The summed E-state index contributed by atoms with van der Waals surface area (Å²) >= 11 is 12.7. The predicted octanol–water partition coefficient (Wildman–Crippen LogP) is 8.11. The number of imide groups is 2. The quantitative estimate of drug-likeness (QED) is 0.140. The summed E-state index contributed by atoms with van der Waals surface area (Å²) < 4.78 is 47.0. The van der Waals surface area contributed by atoms with Crippen LogP contribution in [0.2, 0.25) is 10.0 Å². The molecule has 6 aliphatic rings. The fourth-order valence-corrected chi connectivity index (χ4v) is 11.5. The number of carbonyl (C=O) groups excluding carboxylic acids is 4. The molecule has 0 bridgehead atoms. The number of benzene rings is 3. The van der Waals surface area contributed by atoms with E-state index in [9.17, 15) is 27.9 Å². The number of alkyl halides is 3. The molecule has 63 heavy (non-hydrogen) atoms. The van der Waals surface area contributed by atoms with E-state index in [-0.39, 0.29) is 48.7 Å². The van der Waals surface area contributed by atoms with Gasteiger partial charge < -0.3 is 9.84 Å². The van der Waals surface area contributed by atoms with Gasteiger partial charge in [-0.15, -0.1) is 0 Å². The predicted molar refractivity (Wildman–Crippen MR) is 225 cm³/mol. The van der Waals surface area contributed by atoms with Crippen LogP contribution in [0.1, 0.15) is 47.9 Å². The molecule has 3 saturated heterocycles. The third kappa shape index (κ3) is 6.80. The average molecular weight is 899 g/mol.